The second-order valence-electron chi connectivity index (χ2n) is 16.5. The molecule has 0 saturated heterocycles. The quantitative estimate of drug-likeness (QED) is 0.0296. The van der Waals surface area contributed by atoms with Gasteiger partial charge in [-0.05, 0) is 57.8 Å². The van der Waals surface area contributed by atoms with Crippen LogP contribution in [-0.2, 0) is 32.7 Å². The van der Waals surface area contributed by atoms with Gasteiger partial charge in [-0.15, -0.1) is 0 Å². The van der Waals surface area contributed by atoms with Crippen LogP contribution in [-0.4, -0.2) is 132 Å². The topological polar surface area (TPSA) is 270 Å². The number of carbonyl (C=O) groups excluding carboxylic acids is 2. The molecular formula is C47H77O16P. The third kappa shape index (κ3) is 23.1. The molecule has 64 heavy (non-hydrogen) atoms. The van der Waals surface area contributed by atoms with Crippen LogP contribution in [0.2, 0.25) is 0 Å². The number of cyclic esters (lactones) is 1. The van der Waals surface area contributed by atoms with Gasteiger partial charge in [-0.3, -0.25) is 18.6 Å². The predicted octanol–water partition coefficient (Wildman–Crippen LogP) is 5.10. The van der Waals surface area contributed by atoms with E-state index in [9.17, 15) is 59.9 Å². The van der Waals surface area contributed by atoms with E-state index >= 15 is 0 Å². The lowest BCUT2D eigenvalue weighted by Gasteiger charge is -2.37. The third-order valence-electron chi connectivity index (χ3n) is 11.1. The molecule has 0 amide bonds. The summed E-state index contributed by atoms with van der Waals surface area (Å²) < 4.78 is 34.3. The zero-order valence-electron chi connectivity index (χ0n) is 37.6. The highest BCUT2D eigenvalue weighted by Gasteiger charge is 2.49. The number of allylic oxidation sites excluding steroid dienone is 9. The molecule has 1 heterocycles. The van der Waals surface area contributed by atoms with Crippen LogP contribution >= 0.6 is 7.82 Å². The first-order valence-electron chi connectivity index (χ1n) is 23.0. The first-order valence-corrected chi connectivity index (χ1v) is 24.5. The van der Waals surface area contributed by atoms with Crippen LogP contribution in [0.1, 0.15) is 123 Å². The van der Waals surface area contributed by atoms with Crippen LogP contribution in [0.25, 0.3) is 0 Å². The van der Waals surface area contributed by atoms with Gasteiger partial charge >= 0.3 is 19.8 Å². The lowest BCUT2D eigenvalue weighted by molar-refractivity contribution is -0.167. The number of aliphatic hydroxyl groups is 8. The number of phosphoric acid groups is 1. The Kier molecular flexibility index (Phi) is 29.3. The largest absolute Gasteiger partial charge is 0.472 e. The Balaban J connectivity index is 2.13. The summed E-state index contributed by atoms with van der Waals surface area (Å²) in [5.41, 5.74) is 0. The van der Waals surface area contributed by atoms with Crippen molar-refractivity contribution in [3.8, 4) is 0 Å². The molecule has 0 spiro atoms. The second kappa shape index (κ2) is 32.8. The van der Waals surface area contributed by atoms with Crippen LogP contribution in [0, 0.1) is 11.8 Å². The minimum absolute atomic E-state index is 0.0214. The average Bonchev–Trinajstić information content (AvgIpc) is 3.26. The van der Waals surface area contributed by atoms with Crippen LogP contribution in [0.3, 0.4) is 0 Å². The Hall–Kier alpha value is -2.83. The Labute approximate surface area is 379 Å². The molecule has 0 aromatic rings. The maximum absolute atomic E-state index is 13.4. The maximum Gasteiger partial charge on any atom is 0.472 e. The summed E-state index contributed by atoms with van der Waals surface area (Å²) in [7, 11) is -5.44. The molecule has 0 radical (unpaired) electrons. The van der Waals surface area contributed by atoms with E-state index in [0.29, 0.717) is 25.7 Å². The summed E-state index contributed by atoms with van der Waals surface area (Å²) in [6, 6.07) is 0. The van der Waals surface area contributed by atoms with Gasteiger partial charge in [0.15, 0.2) is 6.10 Å². The van der Waals surface area contributed by atoms with Gasteiger partial charge in [0.1, 0.15) is 31.0 Å². The van der Waals surface area contributed by atoms with Crippen molar-refractivity contribution in [3.63, 3.8) is 0 Å². The summed E-state index contributed by atoms with van der Waals surface area (Å²) in [4.78, 5) is 36.2. The van der Waals surface area contributed by atoms with Crippen molar-refractivity contribution >= 4 is 19.8 Å². The first kappa shape index (κ1) is 57.3. The van der Waals surface area contributed by atoms with Crippen LogP contribution in [0.5, 0.6) is 0 Å². The Morgan fingerprint density at radius 2 is 1.38 bits per heavy atom. The van der Waals surface area contributed by atoms with Crippen LogP contribution in [0.15, 0.2) is 72.9 Å². The monoisotopic (exact) mass is 928 g/mol. The number of aliphatic hydroxyl groups excluding tert-OH is 8. The van der Waals surface area contributed by atoms with Crippen molar-refractivity contribution in [2.24, 2.45) is 11.8 Å². The summed E-state index contributed by atoms with van der Waals surface area (Å²) in [5.74, 6) is -4.33. The van der Waals surface area contributed by atoms with Crippen molar-refractivity contribution in [2.75, 3.05) is 13.2 Å². The van der Waals surface area contributed by atoms with Gasteiger partial charge in [-0.25, -0.2) is 4.57 Å². The SMILES string of the molecule is CCCCC/C=C\C/C=C\C/C=C\C/C=C\CCCC(=O)OC[C@@H]1COP(=O)(O)O[C@H]2[C@H](O)[C@@H](O)[C@H](O)[C@H](C/C=C\CC(=O)O1)[C@@H](O)C[C@@H](O)[C@H](/C=C\[C@H](O)CCCCC)[C@@H](O)[C@H]2O. The van der Waals surface area contributed by atoms with Crippen molar-refractivity contribution in [3.05, 3.63) is 72.9 Å². The Morgan fingerprint density at radius 3 is 2.02 bits per heavy atom. The minimum atomic E-state index is -5.44. The van der Waals surface area contributed by atoms with Gasteiger partial charge < -0.3 is 55.2 Å². The number of unbranched alkanes of at least 4 members (excludes halogenated alkanes) is 6. The predicted molar refractivity (Wildman–Crippen MR) is 241 cm³/mol. The number of hydrogen-bond acceptors (Lipinski definition) is 15. The van der Waals surface area contributed by atoms with Crippen LogP contribution in [0.4, 0.5) is 0 Å². The Bertz CT molecular complexity index is 1530. The molecule has 1 saturated carbocycles. The summed E-state index contributed by atoms with van der Waals surface area (Å²) in [6.45, 7) is 2.71. The van der Waals surface area contributed by atoms with Gasteiger partial charge in [-0.1, -0.05) is 119 Å². The zero-order valence-corrected chi connectivity index (χ0v) is 38.5. The molecule has 13 atom stereocenters. The van der Waals surface area contributed by atoms with Crippen molar-refractivity contribution in [1.82, 2.24) is 0 Å². The molecule has 1 aliphatic heterocycles. The van der Waals surface area contributed by atoms with E-state index in [1.807, 2.05) is 19.1 Å². The molecule has 366 valence electrons. The normalized spacial score (nSPS) is 32.8. The standard InChI is InChI=1S/C47H77O16P/c1-3-5-7-8-9-10-11-12-13-14-15-16-17-18-19-20-22-27-40(51)60-32-35-33-61-64(58,59)63-47-45(56)43(54)37(30-29-34(48)25-21-6-4-2)39(50)31-38(49)36(42(53)44(55)46(47)57)26-23-24-28-41(52)62-35/h9-10,12-13,15-16,18-19,23-24,29-30,34-39,42-50,53-57H,3-8,11,14,17,20-22,25-28,31-33H2,1-2H3,(H,58,59)/b10-9-,13-12-,16-15-,19-18-,24-23-,30-29-/t34-,35-,36-,37+,38+,39-,42-,43-,44+,45-,46-,47-/m1/s1. The van der Waals surface area contributed by atoms with E-state index < -0.39 is 112 Å². The summed E-state index contributed by atoms with van der Waals surface area (Å²) in [6.07, 6.45) is 12.8. The molecule has 2 rings (SSSR count). The van der Waals surface area contributed by atoms with Crippen molar-refractivity contribution in [2.45, 2.75) is 184 Å². The van der Waals surface area contributed by atoms with Crippen molar-refractivity contribution < 1.29 is 78.4 Å². The van der Waals surface area contributed by atoms with Gasteiger partial charge in [0, 0.05) is 24.7 Å². The number of phosphoric ester groups is 1. The molecule has 0 aromatic carbocycles. The number of hydrogen-bond donors (Lipinski definition) is 9. The van der Waals surface area contributed by atoms with Gasteiger partial charge in [0.25, 0.3) is 0 Å². The molecular weight excluding hydrogens is 851 g/mol. The van der Waals surface area contributed by atoms with Crippen molar-refractivity contribution in [1.29, 1.82) is 0 Å². The number of fused-ring (bicyclic) bond motifs is 4. The zero-order chi connectivity index (χ0) is 47.3. The van der Waals surface area contributed by atoms with E-state index in [0.717, 1.165) is 38.5 Å². The van der Waals surface area contributed by atoms with Gasteiger partial charge in [0.05, 0.1) is 43.5 Å². The first-order chi connectivity index (χ1) is 30.6. The van der Waals surface area contributed by atoms with Gasteiger partial charge in [-0.2, -0.15) is 0 Å². The highest BCUT2D eigenvalue weighted by atomic mass is 31.2. The molecule has 16 nitrogen and oxygen atoms in total. The smallest absolute Gasteiger partial charge is 0.462 e. The minimum Gasteiger partial charge on any atom is -0.462 e. The average molecular weight is 929 g/mol. The van der Waals surface area contributed by atoms with E-state index in [-0.39, 0.29) is 19.3 Å². The summed E-state index contributed by atoms with van der Waals surface area (Å²) >= 11 is 0. The fraction of sp³-hybridized carbons (Fsp3) is 0.702. The molecule has 2 bridgehead atoms. The lowest BCUT2D eigenvalue weighted by atomic mass is 9.83. The maximum atomic E-state index is 13.4. The fourth-order valence-corrected chi connectivity index (χ4v) is 8.23. The number of esters is 2. The molecule has 2 aliphatic rings. The lowest BCUT2D eigenvalue weighted by Crippen LogP contribution is -2.55. The van der Waals surface area contributed by atoms with E-state index in [1.165, 1.54) is 43.6 Å². The second-order valence-corrected chi connectivity index (χ2v) is 17.9. The highest BCUT2D eigenvalue weighted by Crippen LogP contribution is 2.47. The number of carbonyl (C=O) groups is 2. The molecule has 1 aliphatic carbocycles. The highest BCUT2D eigenvalue weighted by molar-refractivity contribution is 7.47. The van der Waals surface area contributed by atoms with Gasteiger partial charge in [0.2, 0.25) is 0 Å². The van der Waals surface area contributed by atoms with E-state index in [1.54, 1.807) is 0 Å². The third-order valence-corrected chi connectivity index (χ3v) is 12.1. The Morgan fingerprint density at radius 1 is 0.781 bits per heavy atom. The molecule has 9 N–H and O–H groups in total. The molecule has 0 aromatic heterocycles. The molecule has 17 heteroatoms. The number of rotatable bonds is 22. The molecule has 1 fully saturated rings. The fourth-order valence-electron chi connectivity index (χ4n) is 7.26. The summed E-state index contributed by atoms with van der Waals surface area (Å²) in [5, 5.41) is 89.4. The van der Waals surface area contributed by atoms with E-state index in [4.69, 9.17) is 18.5 Å². The number of ether oxygens (including phenoxy) is 2. The van der Waals surface area contributed by atoms with Crippen LogP contribution < -0.4 is 0 Å². The van der Waals surface area contributed by atoms with E-state index in [2.05, 4.69) is 43.4 Å². The molecule has 1 unspecified atom stereocenters.